The third-order valence-electron chi connectivity index (χ3n) is 5.47. The highest BCUT2D eigenvalue weighted by molar-refractivity contribution is 4.98. The summed E-state index contributed by atoms with van der Waals surface area (Å²) in [7, 11) is 0. The van der Waals surface area contributed by atoms with Gasteiger partial charge in [-0.1, -0.05) is 26.2 Å². The minimum atomic E-state index is -0.0453. The van der Waals surface area contributed by atoms with Crippen molar-refractivity contribution in [2.75, 3.05) is 19.6 Å². The number of rotatable bonds is 3. The molecule has 0 spiro atoms. The summed E-state index contributed by atoms with van der Waals surface area (Å²) >= 11 is 0. The second-order valence-electron chi connectivity index (χ2n) is 7.70. The molecule has 2 rings (SSSR count). The van der Waals surface area contributed by atoms with E-state index in [2.05, 4.69) is 32.6 Å². The molecule has 0 bridgehead atoms. The second-order valence-corrected chi connectivity index (χ2v) is 7.70. The van der Waals surface area contributed by atoms with Crippen LogP contribution in [0.1, 0.15) is 66.2 Å². The third-order valence-corrected chi connectivity index (χ3v) is 5.47. The van der Waals surface area contributed by atoms with E-state index in [1.54, 1.807) is 0 Å². The predicted molar refractivity (Wildman–Crippen MR) is 84.9 cm³/mol. The van der Waals surface area contributed by atoms with E-state index >= 15 is 0 Å². The first kappa shape index (κ1) is 16.3. The van der Waals surface area contributed by atoms with E-state index in [-0.39, 0.29) is 11.1 Å². The first-order valence-electron chi connectivity index (χ1n) is 8.54. The van der Waals surface area contributed by atoms with Crippen LogP contribution in [0.4, 0.5) is 0 Å². The molecule has 2 fully saturated rings. The van der Waals surface area contributed by atoms with Gasteiger partial charge in [0.05, 0.1) is 11.7 Å². The molecule has 3 unspecified atom stereocenters. The van der Waals surface area contributed by atoms with Crippen LogP contribution >= 0.6 is 0 Å². The second kappa shape index (κ2) is 6.33. The number of morpholine rings is 1. The zero-order valence-electron chi connectivity index (χ0n) is 14.0. The highest BCUT2D eigenvalue weighted by Gasteiger charge is 2.43. The summed E-state index contributed by atoms with van der Waals surface area (Å²) in [6, 6.07) is 0. The average molecular weight is 282 g/mol. The molecule has 0 aromatic carbocycles. The van der Waals surface area contributed by atoms with Gasteiger partial charge in [0.25, 0.3) is 0 Å². The first-order valence-corrected chi connectivity index (χ1v) is 8.54. The molecule has 118 valence electrons. The molecule has 1 saturated carbocycles. The summed E-state index contributed by atoms with van der Waals surface area (Å²) in [5.41, 5.74) is 6.45. The monoisotopic (exact) mass is 282 g/mol. The van der Waals surface area contributed by atoms with E-state index in [9.17, 15) is 0 Å². The Kier molecular flexibility index (Phi) is 5.14. The van der Waals surface area contributed by atoms with Gasteiger partial charge in [0.1, 0.15) is 0 Å². The van der Waals surface area contributed by atoms with Crippen molar-refractivity contribution < 1.29 is 4.74 Å². The Balaban J connectivity index is 2.13. The fraction of sp³-hybridized carbons (Fsp3) is 1.00. The molecule has 3 nitrogen and oxygen atoms in total. The summed E-state index contributed by atoms with van der Waals surface area (Å²) in [6.45, 7) is 11.8. The van der Waals surface area contributed by atoms with Crippen molar-refractivity contribution in [3.8, 4) is 0 Å². The van der Waals surface area contributed by atoms with Crippen LogP contribution in [-0.4, -0.2) is 41.8 Å². The lowest BCUT2D eigenvalue weighted by molar-refractivity contribution is -0.154. The molecule has 0 aromatic rings. The van der Waals surface area contributed by atoms with Crippen LogP contribution in [0.3, 0.4) is 0 Å². The lowest BCUT2D eigenvalue weighted by Crippen LogP contribution is -2.63. The molecule has 3 atom stereocenters. The van der Waals surface area contributed by atoms with Gasteiger partial charge in [-0.25, -0.2) is 0 Å². The summed E-state index contributed by atoms with van der Waals surface area (Å²) in [6.07, 6.45) is 8.25. The van der Waals surface area contributed by atoms with Crippen LogP contribution < -0.4 is 5.73 Å². The highest BCUT2D eigenvalue weighted by Crippen LogP contribution is 2.38. The van der Waals surface area contributed by atoms with Gasteiger partial charge in [-0.2, -0.15) is 0 Å². The summed E-state index contributed by atoms with van der Waals surface area (Å²) in [4.78, 5) is 2.67. The van der Waals surface area contributed by atoms with E-state index in [1.807, 2.05) is 0 Å². The van der Waals surface area contributed by atoms with E-state index in [1.165, 1.54) is 38.5 Å². The van der Waals surface area contributed by atoms with Crippen LogP contribution in [-0.2, 0) is 4.74 Å². The Bertz CT molecular complexity index is 318. The third kappa shape index (κ3) is 3.55. The van der Waals surface area contributed by atoms with Gasteiger partial charge in [0.15, 0.2) is 0 Å². The maximum absolute atomic E-state index is 6.28. The fourth-order valence-electron chi connectivity index (χ4n) is 4.33. The fourth-order valence-corrected chi connectivity index (χ4v) is 4.33. The number of ether oxygens (including phenoxy) is 1. The maximum Gasteiger partial charge on any atom is 0.0757 e. The molecule has 3 heteroatoms. The molecule has 1 aliphatic heterocycles. The van der Waals surface area contributed by atoms with Crippen LogP contribution in [0.15, 0.2) is 0 Å². The van der Waals surface area contributed by atoms with E-state index in [0.717, 1.165) is 25.6 Å². The maximum atomic E-state index is 6.28. The largest absolute Gasteiger partial charge is 0.370 e. The summed E-state index contributed by atoms with van der Waals surface area (Å²) < 4.78 is 6.08. The van der Waals surface area contributed by atoms with Gasteiger partial charge < -0.3 is 10.5 Å². The van der Waals surface area contributed by atoms with Crippen molar-refractivity contribution in [1.82, 2.24) is 4.90 Å². The number of nitrogens with zero attached hydrogens (tertiary/aromatic N) is 1. The Morgan fingerprint density at radius 1 is 1.25 bits per heavy atom. The van der Waals surface area contributed by atoms with Gasteiger partial charge in [-0.05, 0) is 46.0 Å². The van der Waals surface area contributed by atoms with E-state index in [4.69, 9.17) is 10.5 Å². The SMILES string of the molecule is CCC1CCCC(CN)(N2CC(C)OC(C)(C)C2)CC1. The zero-order valence-corrected chi connectivity index (χ0v) is 14.0. The number of nitrogens with two attached hydrogens (primary N) is 1. The lowest BCUT2D eigenvalue weighted by Gasteiger charge is -2.51. The predicted octanol–water partition coefficient (Wildman–Crippen LogP) is 3.17. The molecule has 1 heterocycles. The van der Waals surface area contributed by atoms with Crippen LogP contribution in [0.2, 0.25) is 0 Å². The van der Waals surface area contributed by atoms with E-state index < -0.39 is 0 Å². The Morgan fingerprint density at radius 3 is 2.60 bits per heavy atom. The zero-order chi connectivity index (χ0) is 14.8. The molecular formula is C17H34N2O. The van der Waals surface area contributed by atoms with Crippen LogP contribution in [0, 0.1) is 5.92 Å². The number of hydrogen-bond acceptors (Lipinski definition) is 3. The summed E-state index contributed by atoms with van der Waals surface area (Å²) in [5, 5.41) is 0. The van der Waals surface area contributed by atoms with Gasteiger partial charge in [0, 0.05) is 25.2 Å². The summed E-state index contributed by atoms with van der Waals surface area (Å²) in [5.74, 6) is 0.912. The van der Waals surface area contributed by atoms with Gasteiger partial charge >= 0.3 is 0 Å². The molecule has 2 aliphatic rings. The molecule has 1 saturated heterocycles. The van der Waals surface area contributed by atoms with Crippen molar-refractivity contribution in [3.05, 3.63) is 0 Å². The van der Waals surface area contributed by atoms with Crippen LogP contribution in [0.5, 0.6) is 0 Å². The smallest absolute Gasteiger partial charge is 0.0757 e. The highest BCUT2D eigenvalue weighted by atomic mass is 16.5. The molecule has 20 heavy (non-hydrogen) atoms. The topological polar surface area (TPSA) is 38.5 Å². The van der Waals surface area contributed by atoms with Crippen molar-refractivity contribution in [2.24, 2.45) is 11.7 Å². The van der Waals surface area contributed by atoms with E-state index in [0.29, 0.717) is 6.10 Å². The molecular weight excluding hydrogens is 248 g/mol. The van der Waals surface area contributed by atoms with Crippen molar-refractivity contribution in [3.63, 3.8) is 0 Å². The molecule has 1 aliphatic carbocycles. The lowest BCUT2D eigenvalue weighted by atomic mass is 9.85. The molecule has 0 aromatic heterocycles. The van der Waals surface area contributed by atoms with Gasteiger partial charge in [0.2, 0.25) is 0 Å². The minimum Gasteiger partial charge on any atom is -0.370 e. The normalized spacial score (nSPS) is 39.5. The molecule has 2 N–H and O–H groups in total. The van der Waals surface area contributed by atoms with Crippen molar-refractivity contribution >= 4 is 0 Å². The van der Waals surface area contributed by atoms with Crippen molar-refractivity contribution in [1.29, 1.82) is 0 Å². The molecule has 0 amide bonds. The van der Waals surface area contributed by atoms with Crippen LogP contribution in [0.25, 0.3) is 0 Å². The first-order chi connectivity index (χ1) is 9.41. The van der Waals surface area contributed by atoms with Crippen molar-refractivity contribution in [2.45, 2.75) is 83.5 Å². The Hall–Kier alpha value is -0.120. The Labute approximate surface area is 125 Å². The standard InChI is InChI=1S/C17H34N2O/c1-5-15-7-6-9-17(12-18,10-8-15)19-11-14(2)20-16(3,4)13-19/h14-15H,5-13,18H2,1-4H3. The average Bonchev–Trinajstić information content (AvgIpc) is 2.59. The number of hydrogen-bond donors (Lipinski definition) is 1. The van der Waals surface area contributed by atoms with Gasteiger partial charge in [-0.3, -0.25) is 4.90 Å². The Morgan fingerprint density at radius 2 is 2.00 bits per heavy atom. The van der Waals surface area contributed by atoms with Gasteiger partial charge in [-0.15, -0.1) is 0 Å². The molecule has 0 radical (unpaired) electrons. The minimum absolute atomic E-state index is 0.0453. The quantitative estimate of drug-likeness (QED) is 0.808.